The molecule has 2 aliphatic heterocycles. The van der Waals surface area contributed by atoms with Crippen LogP contribution in [0.3, 0.4) is 0 Å². The third kappa shape index (κ3) is 7.18. The monoisotopic (exact) mass is 534 g/mol. The summed E-state index contributed by atoms with van der Waals surface area (Å²) in [6.07, 6.45) is 2.58. The van der Waals surface area contributed by atoms with E-state index in [9.17, 15) is 0 Å². The summed E-state index contributed by atoms with van der Waals surface area (Å²) >= 11 is 2.07. The number of nitrogens with one attached hydrogen (secondary N) is 2. The van der Waals surface area contributed by atoms with Gasteiger partial charge in [-0.1, -0.05) is 12.1 Å². The Morgan fingerprint density at radius 3 is 2.59 bits per heavy atom. The van der Waals surface area contributed by atoms with Crippen molar-refractivity contribution >= 4 is 41.7 Å². The van der Waals surface area contributed by atoms with Crippen molar-refractivity contribution in [2.45, 2.75) is 30.6 Å². The number of thioether (sulfide) groups is 1. The predicted octanol–water partition coefficient (Wildman–Crippen LogP) is 3.14. The van der Waals surface area contributed by atoms with Gasteiger partial charge in [0.2, 0.25) is 0 Å². The van der Waals surface area contributed by atoms with Crippen LogP contribution in [0.1, 0.15) is 31.4 Å². The Bertz CT molecular complexity index is 632. The van der Waals surface area contributed by atoms with Gasteiger partial charge in [-0.3, -0.25) is 9.89 Å². The van der Waals surface area contributed by atoms with E-state index >= 15 is 0 Å². The standard InChI is InChI=1S/C21H34N4O2S.HI/c1-21(9-4-14-28-21)16-24-20(22-2)23-15-19(25-10-12-27-13-11-25)17-5-7-18(26-3)8-6-17;/h5-8,19H,4,9-16H2,1-3H3,(H2,22,23,24);1H. The first-order chi connectivity index (χ1) is 13.6. The minimum atomic E-state index is 0. The molecule has 8 heteroatoms. The molecule has 164 valence electrons. The van der Waals surface area contributed by atoms with E-state index in [-0.39, 0.29) is 30.0 Å². The van der Waals surface area contributed by atoms with Gasteiger partial charge < -0.3 is 20.1 Å². The maximum absolute atomic E-state index is 5.56. The summed E-state index contributed by atoms with van der Waals surface area (Å²) in [6, 6.07) is 8.66. The molecular weight excluding hydrogens is 499 g/mol. The molecule has 0 bridgehead atoms. The largest absolute Gasteiger partial charge is 0.497 e. The average Bonchev–Trinajstić information content (AvgIpc) is 3.18. The molecule has 0 aliphatic carbocycles. The highest BCUT2D eigenvalue weighted by Gasteiger charge is 2.29. The van der Waals surface area contributed by atoms with Gasteiger partial charge in [0.25, 0.3) is 0 Å². The van der Waals surface area contributed by atoms with Crippen LogP contribution in [-0.2, 0) is 4.74 Å². The van der Waals surface area contributed by atoms with Crippen LogP contribution in [-0.4, -0.2) is 74.9 Å². The summed E-state index contributed by atoms with van der Waals surface area (Å²) in [5, 5.41) is 7.09. The SMILES string of the molecule is CN=C(NCC(c1ccc(OC)cc1)N1CCOCC1)NCC1(C)CCCS1.I. The maximum Gasteiger partial charge on any atom is 0.191 e. The highest BCUT2D eigenvalue weighted by atomic mass is 127. The first-order valence-corrected chi connectivity index (χ1v) is 11.2. The summed E-state index contributed by atoms with van der Waals surface area (Å²) in [4.78, 5) is 6.93. The van der Waals surface area contributed by atoms with Crippen molar-refractivity contribution in [1.82, 2.24) is 15.5 Å². The molecule has 2 heterocycles. The number of methoxy groups -OCH3 is 1. The molecule has 0 aromatic heterocycles. The van der Waals surface area contributed by atoms with E-state index < -0.39 is 0 Å². The van der Waals surface area contributed by atoms with Crippen molar-refractivity contribution in [3.05, 3.63) is 29.8 Å². The highest BCUT2D eigenvalue weighted by Crippen LogP contribution is 2.36. The van der Waals surface area contributed by atoms with Gasteiger partial charge >= 0.3 is 0 Å². The van der Waals surface area contributed by atoms with Crippen molar-refractivity contribution < 1.29 is 9.47 Å². The van der Waals surface area contributed by atoms with E-state index in [4.69, 9.17) is 9.47 Å². The molecule has 29 heavy (non-hydrogen) atoms. The van der Waals surface area contributed by atoms with Crippen molar-refractivity contribution in [2.75, 3.05) is 59.3 Å². The number of rotatable bonds is 7. The van der Waals surface area contributed by atoms with Gasteiger partial charge in [0.05, 0.1) is 26.4 Å². The zero-order valence-electron chi connectivity index (χ0n) is 17.8. The summed E-state index contributed by atoms with van der Waals surface area (Å²) in [7, 11) is 3.55. The van der Waals surface area contributed by atoms with Crippen LogP contribution in [0.25, 0.3) is 0 Å². The van der Waals surface area contributed by atoms with Crippen molar-refractivity contribution in [1.29, 1.82) is 0 Å². The van der Waals surface area contributed by atoms with Gasteiger partial charge in [-0.2, -0.15) is 11.8 Å². The maximum atomic E-state index is 5.56. The second-order valence-electron chi connectivity index (χ2n) is 7.65. The molecule has 2 fully saturated rings. The van der Waals surface area contributed by atoms with Crippen LogP contribution in [0.5, 0.6) is 5.75 Å². The fraction of sp³-hybridized carbons (Fsp3) is 0.667. The predicted molar refractivity (Wildman–Crippen MR) is 133 cm³/mol. The summed E-state index contributed by atoms with van der Waals surface area (Å²) in [5.74, 6) is 3.03. The van der Waals surface area contributed by atoms with Crippen molar-refractivity contribution in [3.8, 4) is 5.75 Å². The second-order valence-corrected chi connectivity index (χ2v) is 9.33. The zero-order chi connectivity index (χ0) is 19.8. The topological polar surface area (TPSA) is 58.1 Å². The minimum absolute atomic E-state index is 0. The Morgan fingerprint density at radius 1 is 1.28 bits per heavy atom. The van der Waals surface area contributed by atoms with Gasteiger partial charge in [0, 0.05) is 38.0 Å². The molecule has 0 saturated carbocycles. The molecule has 1 aromatic rings. The fourth-order valence-electron chi connectivity index (χ4n) is 3.83. The molecule has 0 amide bonds. The Balaban J connectivity index is 0.00000300. The number of nitrogens with zero attached hydrogens (tertiary/aromatic N) is 2. The van der Waals surface area contributed by atoms with Gasteiger partial charge in [-0.25, -0.2) is 0 Å². The van der Waals surface area contributed by atoms with Crippen LogP contribution < -0.4 is 15.4 Å². The average molecular weight is 535 g/mol. The molecule has 2 N–H and O–H groups in total. The zero-order valence-corrected chi connectivity index (χ0v) is 20.9. The Morgan fingerprint density at radius 2 is 2.00 bits per heavy atom. The Hall–Kier alpha value is -0.710. The van der Waals surface area contributed by atoms with E-state index in [1.165, 1.54) is 24.2 Å². The number of aliphatic imine (C=N–C) groups is 1. The van der Waals surface area contributed by atoms with E-state index in [1.807, 2.05) is 19.2 Å². The quantitative estimate of drug-likeness (QED) is 0.319. The van der Waals surface area contributed by atoms with Gasteiger partial charge in [-0.05, 0) is 43.2 Å². The minimum Gasteiger partial charge on any atom is -0.497 e. The van der Waals surface area contributed by atoms with Crippen molar-refractivity contribution in [2.24, 2.45) is 4.99 Å². The van der Waals surface area contributed by atoms with Crippen molar-refractivity contribution in [3.63, 3.8) is 0 Å². The number of halogens is 1. The number of guanidine groups is 1. The molecule has 6 nitrogen and oxygen atoms in total. The number of hydrogen-bond donors (Lipinski definition) is 2. The third-order valence-corrected chi connectivity index (χ3v) is 7.14. The number of hydrogen-bond acceptors (Lipinski definition) is 5. The van der Waals surface area contributed by atoms with Crippen LogP contribution >= 0.6 is 35.7 Å². The van der Waals surface area contributed by atoms with Crippen LogP contribution in [0.4, 0.5) is 0 Å². The number of morpholine rings is 1. The third-order valence-electron chi connectivity index (χ3n) is 5.60. The van der Waals surface area contributed by atoms with Gasteiger partial charge in [-0.15, -0.1) is 24.0 Å². The smallest absolute Gasteiger partial charge is 0.191 e. The molecule has 0 spiro atoms. The summed E-state index contributed by atoms with van der Waals surface area (Å²) in [5.41, 5.74) is 1.28. The summed E-state index contributed by atoms with van der Waals surface area (Å²) < 4.78 is 11.2. The number of benzene rings is 1. The van der Waals surface area contributed by atoms with E-state index in [2.05, 4.69) is 51.3 Å². The fourth-order valence-corrected chi connectivity index (χ4v) is 5.08. The molecular formula is C21H35IN4O2S. The van der Waals surface area contributed by atoms with E-state index in [0.717, 1.165) is 51.1 Å². The molecule has 2 atom stereocenters. The van der Waals surface area contributed by atoms with Gasteiger partial charge in [0.15, 0.2) is 5.96 Å². The lowest BCUT2D eigenvalue weighted by Crippen LogP contribution is -2.48. The number of ether oxygens (including phenoxy) is 2. The molecule has 2 saturated heterocycles. The Labute approximate surface area is 196 Å². The summed E-state index contributed by atoms with van der Waals surface area (Å²) in [6.45, 7) is 7.56. The molecule has 2 unspecified atom stereocenters. The van der Waals surface area contributed by atoms with E-state index in [1.54, 1.807) is 7.11 Å². The highest BCUT2D eigenvalue weighted by molar-refractivity contribution is 14.0. The van der Waals surface area contributed by atoms with E-state index in [0.29, 0.717) is 4.75 Å². The molecule has 2 aliphatic rings. The first-order valence-electron chi connectivity index (χ1n) is 10.2. The normalized spacial score (nSPS) is 23.9. The van der Waals surface area contributed by atoms with Crippen LogP contribution in [0.2, 0.25) is 0 Å². The van der Waals surface area contributed by atoms with Crippen LogP contribution in [0, 0.1) is 0 Å². The molecule has 0 radical (unpaired) electrons. The first kappa shape index (κ1) is 24.6. The lowest BCUT2D eigenvalue weighted by atomic mass is 10.0. The Kier molecular flexibility index (Phi) is 10.3. The lowest BCUT2D eigenvalue weighted by molar-refractivity contribution is 0.0170. The molecule has 1 aromatic carbocycles. The lowest BCUT2D eigenvalue weighted by Gasteiger charge is -2.35. The van der Waals surface area contributed by atoms with Gasteiger partial charge in [0.1, 0.15) is 5.75 Å². The molecule has 3 rings (SSSR count). The van der Waals surface area contributed by atoms with Crippen LogP contribution in [0.15, 0.2) is 29.3 Å². The second kappa shape index (κ2) is 12.2.